The normalized spacial score (nSPS) is 13.7. The van der Waals surface area contributed by atoms with Gasteiger partial charge in [0.1, 0.15) is 6.10 Å². The summed E-state index contributed by atoms with van der Waals surface area (Å²) in [4.78, 5) is 9.45. The molecule has 4 N–H and O–H groups in total. The zero-order valence-electron chi connectivity index (χ0n) is 9.39. The Morgan fingerprint density at radius 2 is 1.73 bits per heavy atom. The molecule has 0 saturated carbocycles. The van der Waals surface area contributed by atoms with Gasteiger partial charge in [-0.05, 0) is 26.2 Å². The highest BCUT2D eigenvalue weighted by atomic mass is 16.4. The summed E-state index contributed by atoms with van der Waals surface area (Å²) >= 11 is 0. The largest absolute Gasteiger partial charge is 0.479 e. The van der Waals surface area contributed by atoms with E-state index in [-0.39, 0.29) is 12.7 Å². The molecule has 0 aromatic rings. The minimum atomic E-state index is -1.23. The van der Waals surface area contributed by atoms with Crippen LogP contribution >= 0.6 is 0 Å². The van der Waals surface area contributed by atoms with E-state index < -0.39 is 12.1 Å². The van der Waals surface area contributed by atoms with Gasteiger partial charge in [0.2, 0.25) is 0 Å². The summed E-state index contributed by atoms with van der Waals surface area (Å²) in [5.41, 5.74) is 0. The van der Waals surface area contributed by atoms with Crippen molar-refractivity contribution in [3.05, 3.63) is 0 Å². The van der Waals surface area contributed by atoms with Crippen molar-refractivity contribution in [3.8, 4) is 0 Å². The van der Waals surface area contributed by atoms with Gasteiger partial charge in [-0.25, -0.2) is 4.79 Å². The Morgan fingerprint density at radius 3 is 2.00 bits per heavy atom. The Morgan fingerprint density at radius 1 is 1.27 bits per heavy atom. The van der Waals surface area contributed by atoms with E-state index in [1.807, 2.05) is 6.92 Å². The van der Waals surface area contributed by atoms with Gasteiger partial charge in [0.05, 0.1) is 6.10 Å². The van der Waals surface area contributed by atoms with Crippen molar-refractivity contribution >= 4 is 5.97 Å². The first-order chi connectivity index (χ1) is 6.95. The molecule has 0 aliphatic rings. The summed E-state index contributed by atoms with van der Waals surface area (Å²) in [6, 6.07) is 0. The van der Waals surface area contributed by atoms with E-state index in [1.165, 1.54) is 6.92 Å². The molecule has 0 aromatic carbocycles. The number of hydrogen-bond acceptors (Lipinski definition) is 4. The number of aliphatic hydroxyl groups excluding tert-OH is 3. The van der Waals surface area contributed by atoms with Crippen LogP contribution in [-0.4, -0.2) is 45.2 Å². The number of carbonyl (C=O) groups is 1. The smallest absolute Gasteiger partial charge is 0.332 e. The predicted molar refractivity (Wildman–Crippen MR) is 56.6 cm³/mol. The van der Waals surface area contributed by atoms with Crippen molar-refractivity contribution in [2.24, 2.45) is 0 Å². The van der Waals surface area contributed by atoms with Gasteiger partial charge in [-0.3, -0.25) is 0 Å². The topological polar surface area (TPSA) is 98.0 Å². The van der Waals surface area contributed by atoms with Crippen LogP contribution in [0.1, 0.15) is 39.5 Å². The van der Waals surface area contributed by atoms with Gasteiger partial charge in [-0.15, -0.1) is 0 Å². The van der Waals surface area contributed by atoms with Gasteiger partial charge in [0.25, 0.3) is 0 Å². The van der Waals surface area contributed by atoms with Crippen molar-refractivity contribution in [1.29, 1.82) is 0 Å². The van der Waals surface area contributed by atoms with E-state index >= 15 is 0 Å². The minimum Gasteiger partial charge on any atom is -0.479 e. The van der Waals surface area contributed by atoms with E-state index in [0.717, 1.165) is 25.7 Å². The standard InChI is InChI=1S/C7H16O2.C3H6O3/c1-2-4-7(9)5-3-6-8;1-2(4)3(5)6/h7-9H,2-6H2,1H3;2,4H,1H3,(H,5,6). The fraction of sp³-hybridized carbons (Fsp3) is 0.900. The van der Waals surface area contributed by atoms with Crippen LogP contribution in [0.5, 0.6) is 0 Å². The maximum atomic E-state index is 9.45. The molecule has 2 atom stereocenters. The first-order valence-electron chi connectivity index (χ1n) is 5.15. The molecule has 0 heterocycles. The minimum absolute atomic E-state index is 0.192. The Balaban J connectivity index is 0. The molecule has 5 nitrogen and oxygen atoms in total. The average molecular weight is 222 g/mol. The summed E-state index contributed by atoms with van der Waals surface area (Å²) in [5, 5.41) is 33.2. The molecule has 0 amide bonds. The third-order valence-electron chi connectivity index (χ3n) is 1.67. The Hall–Kier alpha value is -0.650. The second-order valence-electron chi connectivity index (χ2n) is 3.32. The number of hydrogen-bond donors (Lipinski definition) is 4. The van der Waals surface area contributed by atoms with Gasteiger partial charge in [0.15, 0.2) is 0 Å². The van der Waals surface area contributed by atoms with Crippen LogP contribution in [0.25, 0.3) is 0 Å². The monoisotopic (exact) mass is 222 g/mol. The molecule has 15 heavy (non-hydrogen) atoms. The zero-order valence-corrected chi connectivity index (χ0v) is 9.39. The highest BCUT2D eigenvalue weighted by Crippen LogP contribution is 2.02. The van der Waals surface area contributed by atoms with E-state index in [9.17, 15) is 4.79 Å². The van der Waals surface area contributed by atoms with E-state index in [4.69, 9.17) is 20.4 Å². The number of aliphatic hydroxyl groups is 3. The first kappa shape index (κ1) is 16.8. The van der Waals surface area contributed by atoms with E-state index in [0.29, 0.717) is 0 Å². The van der Waals surface area contributed by atoms with E-state index in [1.54, 1.807) is 0 Å². The molecule has 2 unspecified atom stereocenters. The van der Waals surface area contributed by atoms with Crippen molar-refractivity contribution in [1.82, 2.24) is 0 Å². The van der Waals surface area contributed by atoms with Crippen LogP contribution in [0.15, 0.2) is 0 Å². The fourth-order valence-corrected chi connectivity index (χ4v) is 0.804. The first-order valence-corrected chi connectivity index (χ1v) is 5.15. The van der Waals surface area contributed by atoms with Gasteiger partial charge in [-0.2, -0.15) is 0 Å². The van der Waals surface area contributed by atoms with Gasteiger partial charge in [0, 0.05) is 6.61 Å². The van der Waals surface area contributed by atoms with Crippen LogP contribution in [0.4, 0.5) is 0 Å². The highest BCUT2D eigenvalue weighted by molar-refractivity contribution is 5.71. The second kappa shape index (κ2) is 11.4. The quantitative estimate of drug-likeness (QED) is 0.520. The molecular formula is C10H22O5. The molecule has 0 rings (SSSR count). The van der Waals surface area contributed by atoms with Crippen molar-refractivity contribution in [3.63, 3.8) is 0 Å². The summed E-state index contributed by atoms with van der Waals surface area (Å²) in [6.45, 7) is 3.44. The lowest BCUT2D eigenvalue weighted by Gasteiger charge is -2.05. The van der Waals surface area contributed by atoms with Crippen LogP contribution in [-0.2, 0) is 4.79 Å². The van der Waals surface area contributed by atoms with Crippen LogP contribution in [0.3, 0.4) is 0 Å². The van der Waals surface area contributed by atoms with Crippen molar-refractivity contribution < 1.29 is 25.2 Å². The predicted octanol–water partition coefficient (Wildman–Crippen LogP) is 0.372. The number of carboxylic acids is 1. The lowest BCUT2D eigenvalue weighted by atomic mass is 10.1. The number of rotatable bonds is 6. The summed E-state index contributed by atoms with van der Waals surface area (Å²) in [7, 11) is 0. The lowest BCUT2D eigenvalue weighted by molar-refractivity contribution is -0.145. The second-order valence-corrected chi connectivity index (χ2v) is 3.32. The summed E-state index contributed by atoms with van der Waals surface area (Å²) in [6.07, 6.45) is 1.92. The molecule has 0 aromatic heterocycles. The number of aliphatic carboxylic acids is 1. The van der Waals surface area contributed by atoms with Crippen LogP contribution < -0.4 is 0 Å². The SMILES string of the molecule is CC(O)C(=O)O.CCCC(O)CCCO. The maximum Gasteiger partial charge on any atom is 0.332 e. The van der Waals surface area contributed by atoms with Gasteiger partial charge in [-0.1, -0.05) is 13.3 Å². The van der Waals surface area contributed by atoms with Crippen molar-refractivity contribution in [2.45, 2.75) is 51.7 Å². The molecule has 92 valence electrons. The fourth-order valence-electron chi connectivity index (χ4n) is 0.804. The molecule has 0 spiro atoms. The van der Waals surface area contributed by atoms with Gasteiger partial charge >= 0.3 is 5.97 Å². The Labute approximate surface area is 90.4 Å². The molecule has 0 saturated heterocycles. The number of carboxylic acid groups (broad SMARTS) is 1. The highest BCUT2D eigenvalue weighted by Gasteiger charge is 2.01. The molecule has 0 fully saturated rings. The van der Waals surface area contributed by atoms with Crippen LogP contribution in [0.2, 0.25) is 0 Å². The lowest BCUT2D eigenvalue weighted by Crippen LogP contribution is -2.13. The molecule has 0 bridgehead atoms. The van der Waals surface area contributed by atoms with Crippen molar-refractivity contribution in [2.75, 3.05) is 6.61 Å². The van der Waals surface area contributed by atoms with Gasteiger partial charge < -0.3 is 20.4 Å². The molecule has 0 aliphatic carbocycles. The van der Waals surface area contributed by atoms with Crippen LogP contribution in [0, 0.1) is 0 Å². The molecule has 5 heteroatoms. The third-order valence-corrected chi connectivity index (χ3v) is 1.67. The average Bonchev–Trinajstić information content (AvgIpc) is 2.16. The van der Waals surface area contributed by atoms with E-state index in [2.05, 4.69) is 0 Å². The molecular weight excluding hydrogens is 200 g/mol. The third kappa shape index (κ3) is 16.1. The Bertz CT molecular complexity index is 147. The maximum absolute atomic E-state index is 9.45. The summed E-state index contributed by atoms with van der Waals surface area (Å²) in [5.74, 6) is -1.19. The molecule has 0 aliphatic heterocycles. The zero-order chi connectivity index (χ0) is 12.3. The summed E-state index contributed by atoms with van der Waals surface area (Å²) < 4.78 is 0. The molecule has 0 radical (unpaired) electrons. The Kier molecular flexibility index (Phi) is 12.8.